The Labute approximate surface area is 103 Å². The van der Waals surface area contributed by atoms with E-state index in [2.05, 4.69) is 37.9 Å². The first kappa shape index (κ1) is 11.9. The van der Waals surface area contributed by atoms with Crippen molar-refractivity contribution >= 4 is 0 Å². The predicted octanol–water partition coefficient (Wildman–Crippen LogP) is 3.95. The molecule has 0 fully saturated rings. The van der Waals surface area contributed by atoms with Gasteiger partial charge in [-0.1, -0.05) is 51.1 Å². The van der Waals surface area contributed by atoms with Gasteiger partial charge in [0.2, 0.25) is 0 Å². The summed E-state index contributed by atoms with van der Waals surface area (Å²) in [7, 11) is 0. The van der Waals surface area contributed by atoms with Crippen LogP contribution in [0.2, 0.25) is 0 Å². The van der Waals surface area contributed by atoms with Crippen LogP contribution in [0.15, 0.2) is 34.7 Å². The molecule has 2 aromatic rings. The lowest BCUT2D eigenvalue weighted by Gasteiger charge is -2.00. The zero-order valence-corrected chi connectivity index (χ0v) is 10.7. The zero-order valence-electron chi connectivity index (χ0n) is 10.7. The molecule has 2 heteroatoms. The molecule has 1 aromatic carbocycles. The first-order chi connectivity index (χ1) is 8.20. The predicted molar refractivity (Wildman–Crippen MR) is 69.2 cm³/mol. The molecule has 0 unspecified atom stereocenters. The Morgan fingerprint density at radius 1 is 1.18 bits per heavy atom. The fraction of sp³-hybridized carbons (Fsp3) is 0.400. The average Bonchev–Trinajstić information content (AvgIpc) is 2.73. The lowest BCUT2D eigenvalue weighted by molar-refractivity contribution is 0.445. The molecule has 0 bridgehead atoms. The van der Waals surface area contributed by atoms with Crippen molar-refractivity contribution in [1.82, 2.24) is 4.98 Å². The summed E-state index contributed by atoms with van der Waals surface area (Å²) in [6, 6.07) is 10.3. The molecule has 0 saturated heterocycles. The van der Waals surface area contributed by atoms with Gasteiger partial charge in [-0.05, 0) is 12.0 Å². The third-order valence-electron chi connectivity index (χ3n) is 2.83. The lowest BCUT2D eigenvalue weighted by atomic mass is 10.1. The van der Waals surface area contributed by atoms with Crippen molar-refractivity contribution in [1.29, 1.82) is 0 Å². The van der Waals surface area contributed by atoms with Gasteiger partial charge in [-0.15, -0.1) is 0 Å². The molecule has 0 saturated carbocycles. The second-order valence-electron chi connectivity index (χ2n) is 4.59. The minimum atomic E-state index is 0.405. The second kappa shape index (κ2) is 5.17. The number of aromatic nitrogens is 1. The standard InChI is InChI=1S/C15H19NO/c1-4-13-15(11(2)3)17-14(16-13)10-12-8-6-5-7-9-12/h5-9,11H,4,10H2,1-3H3. The Hall–Kier alpha value is -1.57. The monoisotopic (exact) mass is 229 g/mol. The van der Waals surface area contributed by atoms with Crippen molar-refractivity contribution in [3.05, 3.63) is 53.2 Å². The highest BCUT2D eigenvalue weighted by Crippen LogP contribution is 2.22. The number of hydrogen-bond donors (Lipinski definition) is 0. The Balaban J connectivity index is 2.23. The van der Waals surface area contributed by atoms with E-state index in [-0.39, 0.29) is 0 Å². The van der Waals surface area contributed by atoms with Gasteiger partial charge < -0.3 is 4.42 Å². The van der Waals surface area contributed by atoms with Crippen LogP contribution >= 0.6 is 0 Å². The van der Waals surface area contributed by atoms with Gasteiger partial charge in [-0.3, -0.25) is 0 Å². The quantitative estimate of drug-likeness (QED) is 0.793. The van der Waals surface area contributed by atoms with Crippen LogP contribution in [0, 0.1) is 0 Å². The van der Waals surface area contributed by atoms with Gasteiger partial charge in [0.05, 0.1) is 5.69 Å². The van der Waals surface area contributed by atoms with Gasteiger partial charge in [0.25, 0.3) is 0 Å². The number of rotatable bonds is 4. The highest BCUT2D eigenvalue weighted by atomic mass is 16.4. The van der Waals surface area contributed by atoms with Crippen LogP contribution in [0.3, 0.4) is 0 Å². The molecule has 0 aliphatic carbocycles. The largest absolute Gasteiger partial charge is 0.445 e. The van der Waals surface area contributed by atoms with Gasteiger partial charge in [-0.25, -0.2) is 4.98 Å². The van der Waals surface area contributed by atoms with Gasteiger partial charge >= 0.3 is 0 Å². The molecule has 0 N–H and O–H groups in total. The first-order valence-corrected chi connectivity index (χ1v) is 6.23. The van der Waals surface area contributed by atoms with Gasteiger partial charge in [-0.2, -0.15) is 0 Å². The van der Waals surface area contributed by atoms with Gasteiger partial charge in [0, 0.05) is 12.3 Å². The van der Waals surface area contributed by atoms with Crippen LogP contribution in [0.4, 0.5) is 0 Å². The molecular formula is C15H19NO. The Kier molecular flexibility index (Phi) is 3.62. The summed E-state index contributed by atoms with van der Waals surface area (Å²) in [5.74, 6) is 2.28. The van der Waals surface area contributed by atoms with E-state index in [1.807, 2.05) is 18.2 Å². The van der Waals surface area contributed by atoms with Gasteiger partial charge in [0.1, 0.15) is 5.76 Å². The number of nitrogens with zero attached hydrogens (tertiary/aromatic N) is 1. The number of benzene rings is 1. The third kappa shape index (κ3) is 2.76. The van der Waals surface area contributed by atoms with Crippen molar-refractivity contribution in [3.8, 4) is 0 Å². The van der Waals surface area contributed by atoms with E-state index < -0.39 is 0 Å². The molecule has 1 aromatic heterocycles. The van der Waals surface area contributed by atoms with Crippen molar-refractivity contribution in [2.75, 3.05) is 0 Å². The molecule has 0 spiro atoms. The molecule has 90 valence electrons. The molecule has 0 atom stereocenters. The summed E-state index contributed by atoms with van der Waals surface area (Å²) in [5, 5.41) is 0. The van der Waals surface area contributed by atoms with E-state index in [1.54, 1.807) is 0 Å². The summed E-state index contributed by atoms with van der Waals surface area (Å²) in [5.41, 5.74) is 2.35. The molecule has 0 aliphatic rings. The van der Waals surface area contributed by atoms with Crippen LogP contribution in [0.5, 0.6) is 0 Å². The van der Waals surface area contributed by atoms with Crippen molar-refractivity contribution in [3.63, 3.8) is 0 Å². The average molecular weight is 229 g/mol. The Bertz CT molecular complexity index is 471. The van der Waals surface area contributed by atoms with E-state index >= 15 is 0 Å². The SMILES string of the molecule is CCc1nc(Cc2ccccc2)oc1C(C)C. The smallest absolute Gasteiger partial charge is 0.199 e. The van der Waals surface area contributed by atoms with E-state index in [1.165, 1.54) is 5.56 Å². The van der Waals surface area contributed by atoms with Crippen LogP contribution in [-0.2, 0) is 12.8 Å². The Morgan fingerprint density at radius 2 is 1.88 bits per heavy atom. The minimum Gasteiger partial charge on any atom is -0.445 e. The first-order valence-electron chi connectivity index (χ1n) is 6.23. The fourth-order valence-corrected chi connectivity index (χ4v) is 1.96. The number of oxazole rings is 1. The normalized spacial score (nSPS) is 11.1. The third-order valence-corrected chi connectivity index (χ3v) is 2.83. The van der Waals surface area contributed by atoms with Gasteiger partial charge in [0.15, 0.2) is 5.89 Å². The molecule has 1 heterocycles. The van der Waals surface area contributed by atoms with Crippen LogP contribution in [-0.4, -0.2) is 4.98 Å². The van der Waals surface area contributed by atoms with Crippen molar-refractivity contribution < 1.29 is 4.42 Å². The molecular weight excluding hydrogens is 210 g/mol. The molecule has 2 rings (SSSR count). The molecule has 0 aliphatic heterocycles. The molecule has 2 nitrogen and oxygen atoms in total. The maximum absolute atomic E-state index is 5.86. The maximum Gasteiger partial charge on any atom is 0.199 e. The number of hydrogen-bond acceptors (Lipinski definition) is 2. The Morgan fingerprint density at radius 3 is 2.41 bits per heavy atom. The van der Waals surface area contributed by atoms with E-state index in [9.17, 15) is 0 Å². The molecule has 17 heavy (non-hydrogen) atoms. The summed E-state index contributed by atoms with van der Waals surface area (Å²) in [6.45, 7) is 6.41. The summed E-state index contributed by atoms with van der Waals surface area (Å²) in [4.78, 5) is 4.58. The fourth-order valence-electron chi connectivity index (χ4n) is 1.96. The highest BCUT2D eigenvalue weighted by Gasteiger charge is 2.14. The highest BCUT2D eigenvalue weighted by molar-refractivity contribution is 5.20. The summed E-state index contributed by atoms with van der Waals surface area (Å²) >= 11 is 0. The van der Waals surface area contributed by atoms with Crippen molar-refractivity contribution in [2.45, 2.75) is 39.5 Å². The summed E-state index contributed by atoms with van der Waals surface area (Å²) < 4.78 is 5.86. The molecule has 0 amide bonds. The topological polar surface area (TPSA) is 26.0 Å². The number of aryl methyl sites for hydroxylation is 1. The minimum absolute atomic E-state index is 0.405. The maximum atomic E-state index is 5.86. The van der Waals surface area contributed by atoms with E-state index in [4.69, 9.17) is 4.42 Å². The van der Waals surface area contributed by atoms with Crippen LogP contribution in [0.1, 0.15) is 49.6 Å². The van der Waals surface area contributed by atoms with E-state index in [0.717, 1.165) is 30.2 Å². The second-order valence-corrected chi connectivity index (χ2v) is 4.59. The van der Waals surface area contributed by atoms with Crippen molar-refractivity contribution in [2.24, 2.45) is 0 Å². The van der Waals surface area contributed by atoms with Crippen LogP contribution in [0.25, 0.3) is 0 Å². The molecule has 0 radical (unpaired) electrons. The lowest BCUT2D eigenvalue weighted by Crippen LogP contribution is -1.91. The van der Waals surface area contributed by atoms with E-state index in [0.29, 0.717) is 5.92 Å². The van der Waals surface area contributed by atoms with Crippen LogP contribution < -0.4 is 0 Å². The summed E-state index contributed by atoms with van der Waals surface area (Å²) in [6.07, 6.45) is 1.71. The zero-order chi connectivity index (χ0) is 12.3.